The van der Waals surface area contributed by atoms with Gasteiger partial charge in [-0.2, -0.15) is 5.01 Å². The van der Waals surface area contributed by atoms with Crippen LogP contribution in [-0.2, 0) is 9.59 Å². The summed E-state index contributed by atoms with van der Waals surface area (Å²) < 4.78 is 11.0. The van der Waals surface area contributed by atoms with Crippen LogP contribution in [0.2, 0.25) is 0 Å². The van der Waals surface area contributed by atoms with E-state index < -0.39 is 17.8 Å². The van der Waals surface area contributed by atoms with Gasteiger partial charge in [0, 0.05) is 5.56 Å². The molecule has 0 aromatic heterocycles. The van der Waals surface area contributed by atoms with Crippen LogP contribution in [0.3, 0.4) is 0 Å². The van der Waals surface area contributed by atoms with Crippen molar-refractivity contribution < 1.29 is 29.0 Å². The molecule has 0 saturated carbocycles. The number of carbonyl (C=O) groups is 3. The molecule has 1 saturated heterocycles. The molecular formula is C22H20N2O6S2. The van der Waals surface area contributed by atoms with Crippen molar-refractivity contribution in [2.75, 3.05) is 13.7 Å². The van der Waals surface area contributed by atoms with Crippen molar-refractivity contribution >= 4 is 52.2 Å². The first-order chi connectivity index (χ1) is 15.3. The van der Waals surface area contributed by atoms with Crippen LogP contribution in [-0.4, -0.2) is 45.9 Å². The summed E-state index contributed by atoms with van der Waals surface area (Å²) in [5, 5.41) is 9.78. The van der Waals surface area contributed by atoms with Crippen LogP contribution in [0.4, 0.5) is 0 Å². The van der Waals surface area contributed by atoms with Gasteiger partial charge in [0.2, 0.25) is 0 Å². The SMILES string of the molecule is COc1cc(/C=C2/SC(=S)N(NC(=O)c3ccccc3C)C2=O)ccc1OCCC(=O)O. The smallest absolute Gasteiger partial charge is 0.306 e. The highest BCUT2D eigenvalue weighted by molar-refractivity contribution is 8.26. The minimum atomic E-state index is -0.961. The second-order valence-corrected chi connectivity index (χ2v) is 8.35. The Morgan fingerprint density at radius 3 is 2.66 bits per heavy atom. The van der Waals surface area contributed by atoms with E-state index >= 15 is 0 Å². The number of thiocarbonyl (C=S) groups is 1. The number of nitrogens with one attached hydrogen (secondary N) is 1. The summed E-state index contributed by atoms with van der Waals surface area (Å²) in [4.78, 5) is 36.4. The van der Waals surface area contributed by atoms with E-state index in [1.807, 2.05) is 19.1 Å². The summed E-state index contributed by atoms with van der Waals surface area (Å²) in [7, 11) is 1.46. The van der Waals surface area contributed by atoms with Crippen molar-refractivity contribution in [3.05, 3.63) is 64.1 Å². The van der Waals surface area contributed by atoms with Crippen LogP contribution in [0.25, 0.3) is 6.08 Å². The minimum absolute atomic E-state index is 0.00425. The third-order valence-corrected chi connectivity index (χ3v) is 5.76. The zero-order valence-electron chi connectivity index (χ0n) is 17.3. The molecule has 1 aliphatic heterocycles. The number of methoxy groups -OCH3 is 1. The maximum Gasteiger partial charge on any atom is 0.306 e. The van der Waals surface area contributed by atoms with Gasteiger partial charge in [-0.15, -0.1) is 0 Å². The van der Waals surface area contributed by atoms with Crippen LogP contribution in [0, 0.1) is 6.92 Å². The number of amides is 2. The number of carbonyl (C=O) groups excluding carboxylic acids is 2. The highest BCUT2D eigenvalue weighted by Gasteiger charge is 2.34. The van der Waals surface area contributed by atoms with E-state index in [9.17, 15) is 14.4 Å². The summed E-state index contributed by atoms with van der Waals surface area (Å²) in [6.45, 7) is 1.81. The molecule has 0 spiro atoms. The lowest BCUT2D eigenvalue weighted by molar-refractivity contribution is -0.137. The van der Waals surface area contributed by atoms with Crippen molar-refractivity contribution in [3.8, 4) is 11.5 Å². The van der Waals surface area contributed by atoms with Crippen LogP contribution in [0.15, 0.2) is 47.4 Å². The Balaban J connectivity index is 1.74. The topological polar surface area (TPSA) is 105 Å². The van der Waals surface area contributed by atoms with Crippen molar-refractivity contribution in [1.29, 1.82) is 0 Å². The van der Waals surface area contributed by atoms with E-state index in [1.54, 1.807) is 36.4 Å². The molecule has 32 heavy (non-hydrogen) atoms. The Kier molecular flexibility index (Phi) is 7.49. The number of rotatable bonds is 8. The second kappa shape index (κ2) is 10.3. The first kappa shape index (κ1) is 23.3. The predicted octanol–water partition coefficient (Wildman–Crippen LogP) is 3.40. The number of hydrogen-bond donors (Lipinski definition) is 2. The minimum Gasteiger partial charge on any atom is -0.493 e. The van der Waals surface area contributed by atoms with E-state index in [0.29, 0.717) is 27.5 Å². The fraction of sp³-hybridized carbons (Fsp3) is 0.182. The number of benzene rings is 2. The third kappa shape index (κ3) is 5.45. The van der Waals surface area contributed by atoms with Crippen molar-refractivity contribution in [2.24, 2.45) is 0 Å². The summed E-state index contributed by atoms with van der Waals surface area (Å²) in [6, 6.07) is 12.0. The number of aryl methyl sites for hydroxylation is 1. The molecular weight excluding hydrogens is 452 g/mol. The van der Waals surface area contributed by atoms with Gasteiger partial charge in [0.25, 0.3) is 11.8 Å². The largest absolute Gasteiger partial charge is 0.493 e. The number of thioether (sulfide) groups is 1. The van der Waals surface area contributed by atoms with Crippen LogP contribution in [0.5, 0.6) is 11.5 Å². The van der Waals surface area contributed by atoms with Crippen molar-refractivity contribution in [2.45, 2.75) is 13.3 Å². The summed E-state index contributed by atoms with van der Waals surface area (Å²) >= 11 is 6.34. The molecule has 1 fully saturated rings. The average molecular weight is 473 g/mol. The zero-order valence-corrected chi connectivity index (χ0v) is 18.9. The molecule has 2 aromatic carbocycles. The van der Waals surface area contributed by atoms with E-state index in [4.69, 9.17) is 26.8 Å². The lowest BCUT2D eigenvalue weighted by atomic mass is 10.1. The number of ether oxygens (including phenoxy) is 2. The van der Waals surface area contributed by atoms with Gasteiger partial charge in [-0.3, -0.25) is 19.8 Å². The number of hydrogen-bond acceptors (Lipinski definition) is 7. The van der Waals surface area contributed by atoms with Crippen molar-refractivity contribution in [3.63, 3.8) is 0 Å². The summed E-state index contributed by atoms with van der Waals surface area (Å²) in [6.07, 6.45) is 1.49. The molecule has 2 aromatic rings. The molecule has 1 heterocycles. The van der Waals surface area contributed by atoms with Gasteiger partial charge >= 0.3 is 5.97 Å². The third-order valence-electron chi connectivity index (χ3n) is 4.46. The van der Waals surface area contributed by atoms with E-state index in [2.05, 4.69) is 5.43 Å². The first-order valence-corrected chi connectivity index (χ1v) is 10.7. The Bertz CT molecular complexity index is 1120. The number of carboxylic acid groups (broad SMARTS) is 1. The van der Waals surface area contributed by atoms with Gasteiger partial charge in [0.15, 0.2) is 15.8 Å². The fourth-order valence-corrected chi connectivity index (χ4v) is 4.03. The molecule has 0 atom stereocenters. The number of hydrazine groups is 1. The Hall–Kier alpha value is -3.37. The molecule has 0 radical (unpaired) electrons. The molecule has 10 heteroatoms. The van der Waals surface area contributed by atoms with Gasteiger partial charge in [0.1, 0.15) is 0 Å². The molecule has 0 bridgehead atoms. The Labute approximate surface area is 194 Å². The van der Waals surface area contributed by atoms with Crippen LogP contribution >= 0.6 is 24.0 Å². The first-order valence-electron chi connectivity index (χ1n) is 9.47. The molecule has 3 rings (SSSR count). The Morgan fingerprint density at radius 2 is 1.97 bits per heavy atom. The van der Waals surface area contributed by atoms with E-state index in [0.717, 1.165) is 22.3 Å². The molecule has 0 aliphatic carbocycles. The highest BCUT2D eigenvalue weighted by atomic mass is 32.2. The zero-order chi connectivity index (χ0) is 23.3. The molecule has 8 nitrogen and oxygen atoms in total. The fourth-order valence-electron chi connectivity index (χ4n) is 2.85. The molecule has 166 valence electrons. The van der Waals surface area contributed by atoms with Gasteiger partial charge in [0.05, 0.1) is 25.0 Å². The van der Waals surface area contributed by atoms with Gasteiger partial charge in [-0.05, 0) is 54.5 Å². The normalized spacial score (nSPS) is 14.6. The number of carboxylic acids is 1. The molecule has 0 unspecified atom stereocenters. The van der Waals surface area contributed by atoms with Gasteiger partial charge in [-0.25, -0.2) is 0 Å². The summed E-state index contributed by atoms with van der Waals surface area (Å²) in [5.74, 6) is -1.04. The highest BCUT2D eigenvalue weighted by Crippen LogP contribution is 2.34. The summed E-state index contributed by atoms with van der Waals surface area (Å²) in [5.41, 5.74) is 4.45. The van der Waals surface area contributed by atoms with Crippen LogP contribution < -0.4 is 14.9 Å². The van der Waals surface area contributed by atoms with Crippen molar-refractivity contribution in [1.82, 2.24) is 10.4 Å². The maximum absolute atomic E-state index is 12.8. The second-order valence-electron chi connectivity index (χ2n) is 6.68. The van der Waals surface area contributed by atoms with Gasteiger partial charge < -0.3 is 14.6 Å². The molecule has 1 aliphatic rings. The lowest BCUT2D eigenvalue weighted by Gasteiger charge is -2.16. The van der Waals surface area contributed by atoms with E-state index in [1.165, 1.54) is 7.11 Å². The average Bonchev–Trinajstić information content (AvgIpc) is 3.01. The maximum atomic E-state index is 12.8. The number of aliphatic carboxylic acids is 1. The molecule has 2 N–H and O–H groups in total. The molecule has 2 amide bonds. The number of nitrogens with zero attached hydrogens (tertiary/aromatic N) is 1. The lowest BCUT2D eigenvalue weighted by Crippen LogP contribution is -2.45. The van der Waals surface area contributed by atoms with E-state index in [-0.39, 0.29) is 17.3 Å². The van der Waals surface area contributed by atoms with Crippen LogP contribution in [0.1, 0.15) is 27.9 Å². The van der Waals surface area contributed by atoms with Gasteiger partial charge in [-0.1, -0.05) is 36.0 Å². The monoisotopic (exact) mass is 472 g/mol. The Morgan fingerprint density at radius 1 is 1.22 bits per heavy atom. The standard InChI is InChI=1S/C22H20N2O6S2/c1-13-5-3-4-6-15(13)20(27)23-24-21(28)18(32-22(24)31)12-14-7-8-16(17(11-14)29-2)30-10-9-19(25)26/h3-8,11-12H,9-10H2,1-2H3,(H,23,27)(H,25,26)/b18-12+. The predicted molar refractivity (Wildman–Crippen MR) is 124 cm³/mol. The quantitative estimate of drug-likeness (QED) is 0.445.